The van der Waals surface area contributed by atoms with Gasteiger partial charge < -0.3 is 0 Å². The molecular weight excluding hydrogens is 386 g/mol. The Labute approximate surface area is 185 Å². The Hall–Kier alpha value is -2.48. The van der Waals surface area contributed by atoms with Crippen LogP contribution in [-0.4, -0.2) is 0 Å². The van der Waals surface area contributed by atoms with Crippen LogP contribution in [0.5, 0.6) is 0 Å². The summed E-state index contributed by atoms with van der Waals surface area (Å²) >= 11 is 0. The molecule has 0 radical (unpaired) electrons. The van der Waals surface area contributed by atoms with E-state index in [1.807, 2.05) is 0 Å². The van der Waals surface area contributed by atoms with Gasteiger partial charge in [0.2, 0.25) is 0 Å². The Kier molecular flexibility index (Phi) is 7.17. The molecule has 0 aromatic heterocycles. The average Bonchev–Trinajstić information content (AvgIpc) is 2.81. The summed E-state index contributed by atoms with van der Waals surface area (Å²) in [5.74, 6) is 0.160. The molecule has 1 aliphatic carbocycles. The second-order valence-corrected chi connectivity index (χ2v) is 9.26. The maximum absolute atomic E-state index is 13.5. The zero-order valence-corrected chi connectivity index (χ0v) is 18.4. The first-order valence-corrected chi connectivity index (χ1v) is 11.7. The third-order valence-electron chi connectivity index (χ3n) is 7.04. The first-order chi connectivity index (χ1) is 15.1. The Balaban J connectivity index is 1.23. The van der Waals surface area contributed by atoms with Gasteiger partial charge in [0.25, 0.3) is 0 Å². The summed E-state index contributed by atoms with van der Waals surface area (Å²) in [6.07, 6.45) is 7.91. The van der Waals surface area contributed by atoms with Gasteiger partial charge in [0.15, 0.2) is 11.6 Å². The van der Waals surface area contributed by atoms with E-state index < -0.39 is 11.6 Å². The van der Waals surface area contributed by atoms with E-state index in [1.165, 1.54) is 48.1 Å². The fourth-order valence-electron chi connectivity index (χ4n) is 5.02. The van der Waals surface area contributed by atoms with Crippen LogP contribution in [0.2, 0.25) is 0 Å². The van der Waals surface area contributed by atoms with E-state index in [9.17, 15) is 8.78 Å². The summed E-state index contributed by atoms with van der Waals surface area (Å²) in [5.41, 5.74) is 5.16. The molecule has 3 aromatic rings. The average molecular weight is 419 g/mol. The Morgan fingerprint density at radius 3 is 2.13 bits per heavy atom. The van der Waals surface area contributed by atoms with Gasteiger partial charge in [-0.05, 0) is 97.1 Å². The molecule has 4 rings (SSSR count). The van der Waals surface area contributed by atoms with Crippen molar-refractivity contribution >= 4 is 0 Å². The lowest BCUT2D eigenvalue weighted by Crippen LogP contribution is -2.14. The van der Waals surface area contributed by atoms with Gasteiger partial charge in [0, 0.05) is 0 Å². The van der Waals surface area contributed by atoms with Crippen LogP contribution in [0.25, 0.3) is 0 Å². The normalized spacial score (nSPS) is 19.8. The molecule has 31 heavy (non-hydrogen) atoms. The maximum Gasteiger partial charge on any atom is 0.159 e. The zero-order chi connectivity index (χ0) is 21.6. The molecule has 0 bridgehead atoms. The van der Waals surface area contributed by atoms with Crippen molar-refractivity contribution in [3.63, 3.8) is 0 Å². The third-order valence-corrected chi connectivity index (χ3v) is 7.04. The van der Waals surface area contributed by atoms with Gasteiger partial charge in [0.05, 0.1) is 0 Å². The van der Waals surface area contributed by atoms with Crippen LogP contribution in [0.4, 0.5) is 8.78 Å². The van der Waals surface area contributed by atoms with Crippen LogP contribution in [0.3, 0.4) is 0 Å². The van der Waals surface area contributed by atoms with E-state index in [1.54, 1.807) is 6.07 Å². The molecule has 162 valence electrons. The Morgan fingerprint density at radius 1 is 0.774 bits per heavy atom. The summed E-state index contributed by atoms with van der Waals surface area (Å²) < 4.78 is 26.7. The van der Waals surface area contributed by atoms with Crippen LogP contribution in [-0.2, 0) is 12.8 Å². The monoisotopic (exact) mass is 418 g/mol. The molecule has 0 unspecified atom stereocenters. The SMILES string of the molecule is C[C@@H](Cc1ccc(CCC2CCC(c3ccc(F)c(F)c3)CC2)cc1)c1ccccc1. The van der Waals surface area contributed by atoms with Crippen molar-refractivity contribution in [1.29, 1.82) is 0 Å². The van der Waals surface area contributed by atoms with E-state index in [0.717, 1.165) is 37.2 Å². The number of hydrogen-bond donors (Lipinski definition) is 0. The maximum atomic E-state index is 13.5. The number of benzene rings is 3. The van der Waals surface area contributed by atoms with Crippen LogP contribution in [0.15, 0.2) is 72.8 Å². The molecule has 0 nitrogen and oxygen atoms in total. The molecule has 1 fully saturated rings. The second-order valence-electron chi connectivity index (χ2n) is 9.26. The molecule has 1 aliphatic rings. The lowest BCUT2D eigenvalue weighted by molar-refractivity contribution is 0.310. The van der Waals surface area contributed by atoms with Crippen LogP contribution in [0, 0.1) is 17.6 Å². The van der Waals surface area contributed by atoms with Crippen molar-refractivity contribution in [3.05, 3.63) is 107 Å². The predicted octanol–water partition coefficient (Wildman–Crippen LogP) is 8.22. The highest BCUT2D eigenvalue weighted by Gasteiger charge is 2.23. The van der Waals surface area contributed by atoms with Crippen molar-refractivity contribution in [2.45, 2.75) is 63.7 Å². The first-order valence-electron chi connectivity index (χ1n) is 11.7. The molecule has 3 aromatic carbocycles. The lowest BCUT2D eigenvalue weighted by Gasteiger charge is -2.29. The van der Waals surface area contributed by atoms with Gasteiger partial charge in [0.1, 0.15) is 0 Å². The van der Waals surface area contributed by atoms with Gasteiger partial charge >= 0.3 is 0 Å². The molecule has 1 atom stereocenters. The highest BCUT2D eigenvalue weighted by Crippen LogP contribution is 2.37. The minimum atomic E-state index is -0.752. The highest BCUT2D eigenvalue weighted by atomic mass is 19.2. The second kappa shape index (κ2) is 10.2. The lowest BCUT2D eigenvalue weighted by atomic mass is 9.77. The van der Waals surface area contributed by atoms with Crippen molar-refractivity contribution in [2.75, 3.05) is 0 Å². The largest absolute Gasteiger partial charge is 0.204 e. The molecule has 0 N–H and O–H groups in total. The van der Waals surface area contributed by atoms with Gasteiger partial charge in [-0.3, -0.25) is 0 Å². The van der Waals surface area contributed by atoms with E-state index in [-0.39, 0.29) is 0 Å². The Morgan fingerprint density at radius 2 is 1.45 bits per heavy atom. The van der Waals surface area contributed by atoms with Crippen molar-refractivity contribution in [2.24, 2.45) is 5.92 Å². The van der Waals surface area contributed by atoms with E-state index >= 15 is 0 Å². The molecule has 0 saturated heterocycles. The van der Waals surface area contributed by atoms with Crippen molar-refractivity contribution in [3.8, 4) is 0 Å². The zero-order valence-electron chi connectivity index (χ0n) is 18.4. The molecule has 1 saturated carbocycles. The van der Waals surface area contributed by atoms with E-state index in [0.29, 0.717) is 11.8 Å². The molecule has 0 heterocycles. The summed E-state index contributed by atoms with van der Waals surface area (Å²) in [7, 11) is 0. The summed E-state index contributed by atoms with van der Waals surface area (Å²) in [5, 5.41) is 0. The van der Waals surface area contributed by atoms with E-state index in [2.05, 4.69) is 61.5 Å². The number of rotatable bonds is 7. The topological polar surface area (TPSA) is 0 Å². The standard InChI is InChI=1S/C29H32F2/c1-21(25-5-3-2-4-6-25)19-24-11-9-22(10-12-24)7-8-23-13-15-26(16-14-23)27-17-18-28(30)29(31)20-27/h2-6,9-12,17-18,20-21,23,26H,7-8,13-16,19H2,1H3/t21-,23?,26?/m0/s1. The van der Waals surface area contributed by atoms with Crippen LogP contribution >= 0.6 is 0 Å². The number of halogens is 2. The molecule has 0 amide bonds. The van der Waals surface area contributed by atoms with Gasteiger partial charge in [-0.25, -0.2) is 8.78 Å². The van der Waals surface area contributed by atoms with Gasteiger partial charge in [-0.1, -0.05) is 67.6 Å². The Bertz CT molecular complexity index is 954. The van der Waals surface area contributed by atoms with Crippen LogP contribution in [0.1, 0.15) is 73.1 Å². The minimum absolute atomic E-state index is 0.372. The first kappa shape index (κ1) is 21.7. The number of hydrogen-bond acceptors (Lipinski definition) is 0. The molecular formula is C29H32F2. The highest BCUT2D eigenvalue weighted by molar-refractivity contribution is 5.27. The quantitative estimate of drug-likeness (QED) is 0.362. The van der Waals surface area contributed by atoms with Crippen molar-refractivity contribution in [1.82, 2.24) is 0 Å². The number of aryl methyl sites for hydroxylation is 1. The molecule has 2 heteroatoms. The predicted molar refractivity (Wildman–Crippen MR) is 124 cm³/mol. The summed E-state index contributed by atoms with van der Waals surface area (Å²) in [4.78, 5) is 0. The fraction of sp³-hybridized carbons (Fsp3) is 0.379. The summed E-state index contributed by atoms with van der Waals surface area (Å²) in [6.45, 7) is 2.29. The van der Waals surface area contributed by atoms with Gasteiger partial charge in [-0.15, -0.1) is 0 Å². The van der Waals surface area contributed by atoms with Crippen molar-refractivity contribution < 1.29 is 8.78 Å². The van der Waals surface area contributed by atoms with E-state index in [4.69, 9.17) is 0 Å². The smallest absolute Gasteiger partial charge is 0.159 e. The summed E-state index contributed by atoms with van der Waals surface area (Å²) in [6, 6.07) is 24.3. The fourth-order valence-corrected chi connectivity index (χ4v) is 5.02. The molecule has 0 spiro atoms. The molecule has 0 aliphatic heterocycles. The van der Waals surface area contributed by atoms with Crippen LogP contribution < -0.4 is 0 Å². The minimum Gasteiger partial charge on any atom is -0.204 e. The third kappa shape index (κ3) is 5.81. The van der Waals surface area contributed by atoms with Gasteiger partial charge in [-0.2, -0.15) is 0 Å².